The van der Waals surface area contributed by atoms with Crippen LogP contribution in [0, 0.1) is 0 Å². The molecule has 0 fully saturated rings. The highest BCUT2D eigenvalue weighted by Gasteiger charge is 2.18. The molecule has 2 rings (SSSR count). The molecule has 1 amide bonds. The first-order chi connectivity index (χ1) is 13.4. The van der Waals surface area contributed by atoms with Crippen LogP contribution in [0.3, 0.4) is 0 Å². The molecule has 9 heteroatoms. The molecule has 0 atom stereocenters. The van der Waals surface area contributed by atoms with Crippen LogP contribution in [0.2, 0.25) is 0 Å². The fraction of sp³-hybridized carbons (Fsp3) is 0.368. The molecule has 0 bridgehead atoms. The molecule has 0 aliphatic carbocycles. The summed E-state index contributed by atoms with van der Waals surface area (Å²) in [6, 6.07) is 4.24. The predicted octanol–water partition coefficient (Wildman–Crippen LogP) is 1.55. The third kappa shape index (κ3) is 5.40. The van der Waals surface area contributed by atoms with E-state index in [4.69, 9.17) is 4.74 Å². The van der Waals surface area contributed by atoms with Crippen molar-refractivity contribution in [2.75, 3.05) is 33.1 Å². The van der Waals surface area contributed by atoms with E-state index in [1.54, 1.807) is 13.2 Å². The molecule has 1 aromatic carbocycles. The number of methoxy groups -OCH3 is 2. The van der Waals surface area contributed by atoms with Crippen molar-refractivity contribution in [1.29, 1.82) is 0 Å². The van der Waals surface area contributed by atoms with E-state index in [-0.39, 0.29) is 29.3 Å². The van der Waals surface area contributed by atoms with E-state index in [0.717, 1.165) is 12.1 Å². The van der Waals surface area contributed by atoms with Crippen molar-refractivity contribution < 1.29 is 23.9 Å². The SMILES string of the molecule is CCn1cc(CN(C)CC(=O)Nc2cc(C(=O)OC)ccc2C(=O)OC)cn1. The van der Waals surface area contributed by atoms with Gasteiger partial charge in [-0.15, -0.1) is 0 Å². The van der Waals surface area contributed by atoms with Crippen molar-refractivity contribution in [3.63, 3.8) is 0 Å². The molecule has 0 saturated carbocycles. The van der Waals surface area contributed by atoms with Crippen LogP contribution >= 0.6 is 0 Å². The van der Waals surface area contributed by atoms with Crippen molar-refractivity contribution in [2.45, 2.75) is 20.0 Å². The Morgan fingerprint density at radius 3 is 2.50 bits per heavy atom. The maximum atomic E-state index is 12.4. The highest BCUT2D eigenvalue weighted by Crippen LogP contribution is 2.20. The van der Waals surface area contributed by atoms with E-state index in [1.165, 1.54) is 32.4 Å². The van der Waals surface area contributed by atoms with Gasteiger partial charge in [0, 0.05) is 24.8 Å². The number of anilines is 1. The lowest BCUT2D eigenvalue weighted by Gasteiger charge is -2.16. The Kier molecular flexibility index (Phi) is 7.28. The van der Waals surface area contributed by atoms with Crippen LogP contribution in [0.1, 0.15) is 33.2 Å². The van der Waals surface area contributed by atoms with E-state index in [1.807, 2.05) is 22.7 Å². The summed E-state index contributed by atoms with van der Waals surface area (Å²) in [6.45, 7) is 3.40. The van der Waals surface area contributed by atoms with Crippen LogP contribution in [0.5, 0.6) is 0 Å². The predicted molar refractivity (Wildman–Crippen MR) is 102 cm³/mol. The molecule has 9 nitrogen and oxygen atoms in total. The highest BCUT2D eigenvalue weighted by molar-refractivity contribution is 6.03. The Morgan fingerprint density at radius 1 is 1.18 bits per heavy atom. The zero-order valence-electron chi connectivity index (χ0n) is 16.4. The standard InChI is InChI=1S/C19H24N4O5/c1-5-23-11-13(9-20-23)10-22(2)12-17(24)21-16-8-14(18(25)27-3)6-7-15(16)19(26)28-4/h6-9,11H,5,10,12H2,1-4H3,(H,21,24). The zero-order valence-corrected chi connectivity index (χ0v) is 16.4. The number of carbonyl (C=O) groups excluding carboxylic acids is 3. The number of nitrogens with zero attached hydrogens (tertiary/aromatic N) is 3. The summed E-state index contributed by atoms with van der Waals surface area (Å²) in [6.07, 6.45) is 3.68. The Hall–Kier alpha value is -3.20. The number of amides is 1. The summed E-state index contributed by atoms with van der Waals surface area (Å²) in [4.78, 5) is 38.0. The lowest BCUT2D eigenvalue weighted by Crippen LogP contribution is -2.30. The average Bonchev–Trinajstić information content (AvgIpc) is 3.13. The Bertz CT molecular complexity index is 862. The fourth-order valence-electron chi connectivity index (χ4n) is 2.64. The quantitative estimate of drug-likeness (QED) is 0.684. The maximum absolute atomic E-state index is 12.4. The van der Waals surface area contributed by atoms with Crippen molar-refractivity contribution in [3.8, 4) is 0 Å². The van der Waals surface area contributed by atoms with Crippen LogP contribution in [-0.2, 0) is 27.4 Å². The van der Waals surface area contributed by atoms with Crippen molar-refractivity contribution in [3.05, 3.63) is 47.3 Å². The summed E-state index contributed by atoms with van der Waals surface area (Å²) in [5, 5.41) is 6.87. The number of ether oxygens (including phenoxy) is 2. The first-order valence-electron chi connectivity index (χ1n) is 8.68. The van der Waals surface area contributed by atoms with Crippen molar-refractivity contribution in [2.24, 2.45) is 0 Å². The van der Waals surface area contributed by atoms with Gasteiger partial charge in [-0.1, -0.05) is 0 Å². The number of aryl methyl sites for hydroxylation is 1. The lowest BCUT2D eigenvalue weighted by molar-refractivity contribution is -0.117. The maximum Gasteiger partial charge on any atom is 0.339 e. The van der Waals surface area contributed by atoms with Crippen LogP contribution < -0.4 is 5.32 Å². The van der Waals surface area contributed by atoms with E-state index in [0.29, 0.717) is 6.54 Å². The fourth-order valence-corrected chi connectivity index (χ4v) is 2.64. The molecule has 150 valence electrons. The number of carbonyl (C=O) groups is 3. The molecule has 1 aromatic heterocycles. The number of hydrogen-bond acceptors (Lipinski definition) is 7. The van der Waals surface area contributed by atoms with E-state index in [9.17, 15) is 14.4 Å². The van der Waals surface area contributed by atoms with Crippen LogP contribution in [0.4, 0.5) is 5.69 Å². The van der Waals surface area contributed by atoms with Crippen LogP contribution in [-0.4, -0.2) is 60.3 Å². The Balaban J connectivity index is 2.10. The molecule has 1 heterocycles. The third-order valence-electron chi connectivity index (χ3n) is 4.00. The second-order valence-corrected chi connectivity index (χ2v) is 6.17. The molecule has 0 spiro atoms. The molecule has 0 aliphatic rings. The van der Waals surface area contributed by atoms with Crippen molar-refractivity contribution in [1.82, 2.24) is 14.7 Å². The van der Waals surface area contributed by atoms with Gasteiger partial charge in [0.05, 0.1) is 43.8 Å². The largest absolute Gasteiger partial charge is 0.465 e. The summed E-state index contributed by atoms with van der Waals surface area (Å²) in [7, 11) is 4.30. The van der Waals surface area contributed by atoms with Gasteiger partial charge >= 0.3 is 11.9 Å². The summed E-state index contributed by atoms with van der Waals surface area (Å²) >= 11 is 0. The average molecular weight is 388 g/mol. The third-order valence-corrected chi connectivity index (χ3v) is 4.00. The minimum Gasteiger partial charge on any atom is -0.465 e. The molecule has 0 radical (unpaired) electrons. The first kappa shape index (κ1) is 21.1. The normalized spacial score (nSPS) is 10.6. The van der Waals surface area contributed by atoms with Gasteiger partial charge in [-0.2, -0.15) is 5.10 Å². The smallest absolute Gasteiger partial charge is 0.339 e. The van der Waals surface area contributed by atoms with Crippen LogP contribution in [0.25, 0.3) is 0 Å². The molecule has 0 saturated heterocycles. The zero-order chi connectivity index (χ0) is 20.7. The van der Waals surface area contributed by atoms with Gasteiger partial charge in [-0.3, -0.25) is 14.4 Å². The van der Waals surface area contributed by atoms with E-state index in [2.05, 4.69) is 15.2 Å². The molecule has 2 aromatic rings. The number of aromatic nitrogens is 2. The number of rotatable bonds is 8. The summed E-state index contributed by atoms with van der Waals surface area (Å²) < 4.78 is 11.2. The number of benzene rings is 1. The second kappa shape index (κ2) is 9.65. The monoisotopic (exact) mass is 388 g/mol. The topological polar surface area (TPSA) is 103 Å². The van der Waals surface area contributed by atoms with Gasteiger partial charge in [-0.25, -0.2) is 9.59 Å². The van der Waals surface area contributed by atoms with Crippen LogP contribution in [0.15, 0.2) is 30.6 Å². The molecule has 0 unspecified atom stereocenters. The van der Waals surface area contributed by atoms with Gasteiger partial charge in [0.25, 0.3) is 0 Å². The number of likely N-dealkylation sites (N-methyl/N-ethyl adjacent to an activating group) is 1. The second-order valence-electron chi connectivity index (χ2n) is 6.17. The van der Waals surface area contributed by atoms with E-state index >= 15 is 0 Å². The summed E-state index contributed by atoms with van der Waals surface area (Å²) in [5.74, 6) is -1.53. The Morgan fingerprint density at radius 2 is 1.89 bits per heavy atom. The minimum atomic E-state index is -0.618. The number of nitrogens with one attached hydrogen (secondary N) is 1. The van der Waals surface area contributed by atoms with E-state index < -0.39 is 11.9 Å². The highest BCUT2D eigenvalue weighted by atomic mass is 16.5. The lowest BCUT2D eigenvalue weighted by atomic mass is 10.1. The molecular weight excluding hydrogens is 364 g/mol. The van der Waals surface area contributed by atoms with Crippen molar-refractivity contribution >= 4 is 23.5 Å². The molecule has 1 N–H and O–H groups in total. The summed E-state index contributed by atoms with van der Waals surface area (Å²) in [5.41, 5.74) is 1.54. The Labute approximate surface area is 163 Å². The van der Waals surface area contributed by atoms with Gasteiger partial charge in [0.2, 0.25) is 5.91 Å². The van der Waals surface area contributed by atoms with Gasteiger partial charge in [0.1, 0.15) is 0 Å². The van der Waals surface area contributed by atoms with Gasteiger partial charge < -0.3 is 14.8 Å². The molecular formula is C19H24N4O5. The van der Waals surface area contributed by atoms with Gasteiger partial charge in [0.15, 0.2) is 0 Å². The number of hydrogen-bond donors (Lipinski definition) is 1. The molecule has 0 aliphatic heterocycles. The van der Waals surface area contributed by atoms with Gasteiger partial charge in [-0.05, 0) is 32.2 Å². The minimum absolute atomic E-state index is 0.0837. The number of esters is 2. The molecule has 28 heavy (non-hydrogen) atoms. The first-order valence-corrected chi connectivity index (χ1v) is 8.68.